The van der Waals surface area contributed by atoms with Crippen LogP contribution in [0.4, 0.5) is 5.69 Å². The van der Waals surface area contributed by atoms with Crippen LogP contribution < -0.4 is 5.73 Å². The molecule has 2 aromatic rings. The van der Waals surface area contributed by atoms with Gasteiger partial charge in [-0.3, -0.25) is 4.68 Å². The number of nitrogen functional groups attached to an aromatic ring is 1. The first-order valence-electron chi connectivity index (χ1n) is 5.79. The molecular formula is C12H17N5S. The van der Waals surface area contributed by atoms with E-state index in [0.29, 0.717) is 5.69 Å². The van der Waals surface area contributed by atoms with Crippen LogP contribution in [0.5, 0.6) is 0 Å². The van der Waals surface area contributed by atoms with Crippen molar-refractivity contribution in [3.63, 3.8) is 0 Å². The van der Waals surface area contributed by atoms with E-state index in [4.69, 9.17) is 5.73 Å². The number of hydrogen-bond donors (Lipinski definition) is 1. The molecule has 0 spiro atoms. The maximum Gasteiger partial charge on any atom is 0.188 e. The Labute approximate surface area is 111 Å². The van der Waals surface area contributed by atoms with Gasteiger partial charge in [0.05, 0.1) is 18.4 Å². The molecule has 2 aromatic heterocycles. The van der Waals surface area contributed by atoms with Crippen molar-refractivity contribution in [2.45, 2.75) is 32.5 Å². The van der Waals surface area contributed by atoms with Crippen molar-refractivity contribution in [3.8, 4) is 0 Å². The zero-order chi connectivity index (χ0) is 13.1. The van der Waals surface area contributed by atoms with E-state index in [1.54, 1.807) is 18.0 Å². The van der Waals surface area contributed by atoms with Gasteiger partial charge in [0.25, 0.3) is 0 Å². The fraction of sp³-hybridized carbons (Fsp3) is 0.417. The number of aromatic nitrogens is 4. The molecule has 0 aromatic carbocycles. The van der Waals surface area contributed by atoms with Gasteiger partial charge in [-0.15, -0.1) is 0 Å². The smallest absolute Gasteiger partial charge is 0.188 e. The highest BCUT2D eigenvalue weighted by Crippen LogP contribution is 2.17. The number of thioether (sulfide) groups is 1. The van der Waals surface area contributed by atoms with Crippen LogP contribution in [0.15, 0.2) is 17.6 Å². The van der Waals surface area contributed by atoms with Crippen LogP contribution in [0, 0.1) is 20.8 Å². The molecule has 5 nitrogen and oxygen atoms in total. The molecule has 0 unspecified atom stereocenters. The van der Waals surface area contributed by atoms with Gasteiger partial charge in [-0.25, -0.2) is 9.97 Å². The van der Waals surface area contributed by atoms with E-state index in [1.165, 1.54) is 5.56 Å². The third kappa shape index (κ3) is 3.01. The van der Waals surface area contributed by atoms with Crippen LogP contribution in [-0.2, 0) is 6.54 Å². The van der Waals surface area contributed by atoms with Crippen molar-refractivity contribution in [3.05, 3.63) is 29.3 Å². The maximum absolute atomic E-state index is 5.60. The molecule has 2 N–H and O–H groups in total. The van der Waals surface area contributed by atoms with Crippen LogP contribution in [0.2, 0.25) is 0 Å². The van der Waals surface area contributed by atoms with E-state index < -0.39 is 0 Å². The largest absolute Gasteiger partial charge is 0.396 e. The Kier molecular flexibility index (Phi) is 3.86. The molecule has 18 heavy (non-hydrogen) atoms. The molecular weight excluding hydrogens is 246 g/mol. The highest BCUT2D eigenvalue weighted by Gasteiger charge is 2.05. The summed E-state index contributed by atoms with van der Waals surface area (Å²) in [7, 11) is 0. The highest BCUT2D eigenvalue weighted by atomic mass is 32.2. The second-order valence-corrected chi connectivity index (χ2v) is 5.25. The SMILES string of the molecule is Cc1nc(SCCn2cc(N)cn2)nc(C)c1C. The van der Waals surface area contributed by atoms with Crippen molar-refractivity contribution in [2.24, 2.45) is 0 Å². The summed E-state index contributed by atoms with van der Waals surface area (Å²) in [5.41, 5.74) is 9.56. The van der Waals surface area contributed by atoms with E-state index in [1.807, 2.05) is 31.6 Å². The Morgan fingerprint density at radius 2 is 1.89 bits per heavy atom. The van der Waals surface area contributed by atoms with Gasteiger partial charge >= 0.3 is 0 Å². The molecule has 6 heteroatoms. The standard InChI is InChI=1S/C12H17N5S/c1-8-9(2)15-12(16-10(8)3)18-5-4-17-7-11(13)6-14-17/h6-7H,4-5,13H2,1-3H3. The lowest BCUT2D eigenvalue weighted by Gasteiger charge is -2.06. The van der Waals surface area contributed by atoms with Gasteiger partial charge in [0.2, 0.25) is 0 Å². The number of hydrogen-bond acceptors (Lipinski definition) is 5. The average molecular weight is 263 g/mol. The van der Waals surface area contributed by atoms with E-state index in [-0.39, 0.29) is 0 Å². The molecule has 0 bridgehead atoms. The predicted octanol–water partition coefficient (Wildman–Crippen LogP) is 1.97. The number of anilines is 1. The van der Waals surface area contributed by atoms with Gasteiger partial charge in [0.15, 0.2) is 5.16 Å². The summed E-state index contributed by atoms with van der Waals surface area (Å²) in [5, 5.41) is 4.96. The quantitative estimate of drug-likeness (QED) is 0.674. The van der Waals surface area contributed by atoms with Crippen molar-refractivity contribution < 1.29 is 0 Å². The Morgan fingerprint density at radius 3 is 2.44 bits per heavy atom. The van der Waals surface area contributed by atoms with Crippen molar-refractivity contribution in [1.29, 1.82) is 0 Å². The van der Waals surface area contributed by atoms with Gasteiger partial charge in [-0.05, 0) is 26.3 Å². The van der Waals surface area contributed by atoms with Gasteiger partial charge in [0, 0.05) is 23.3 Å². The first-order valence-corrected chi connectivity index (χ1v) is 6.77. The topological polar surface area (TPSA) is 69.6 Å². The third-order valence-corrected chi connectivity index (χ3v) is 3.64. The molecule has 0 fully saturated rings. The van der Waals surface area contributed by atoms with E-state index in [9.17, 15) is 0 Å². The first kappa shape index (κ1) is 12.9. The van der Waals surface area contributed by atoms with Crippen molar-refractivity contribution in [2.75, 3.05) is 11.5 Å². The van der Waals surface area contributed by atoms with Crippen LogP contribution >= 0.6 is 11.8 Å². The number of aryl methyl sites for hydroxylation is 3. The number of rotatable bonds is 4. The molecule has 0 aliphatic carbocycles. The average Bonchev–Trinajstić information content (AvgIpc) is 2.72. The minimum Gasteiger partial charge on any atom is -0.396 e. The fourth-order valence-electron chi connectivity index (χ4n) is 1.54. The molecule has 0 atom stereocenters. The molecule has 2 heterocycles. The summed E-state index contributed by atoms with van der Waals surface area (Å²) < 4.78 is 1.83. The lowest BCUT2D eigenvalue weighted by molar-refractivity contribution is 0.665. The molecule has 96 valence electrons. The van der Waals surface area contributed by atoms with Crippen LogP contribution in [-0.4, -0.2) is 25.5 Å². The van der Waals surface area contributed by atoms with Crippen LogP contribution in [0.1, 0.15) is 17.0 Å². The van der Waals surface area contributed by atoms with Gasteiger partial charge in [0.1, 0.15) is 0 Å². The van der Waals surface area contributed by atoms with E-state index in [0.717, 1.165) is 28.8 Å². The third-order valence-electron chi connectivity index (χ3n) is 2.82. The summed E-state index contributed by atoms with van der Waals surface area (Å²) in [4.78, 5) is 8.93. The molecule has 0 aliphatic heterocycles. The zero-order valence-corrected chi connectivity index (χ0v) is 11.7. The Hall–Kier alpha value is -1.56. The minimum atomic E-state index is 0.693. The molecule has 2 rings (SSSR count). The molecule has 0 aliphatic rings. The lowest BCUT2D eigenvalue weighted by atomic mass is 10.2. The molecule has 0 saturated heterocycles. The molecule has 0 saturated carbocycles. The minimum absolute atomic E-state index is 0.693. The molecule has 0 amide bonds. The van der Waals surface area contributed by atoms with Crippen LogP contribution in [0.25, 0.3) is 0 Å². The number of nitrogens with zero attached hydrogens (tertiary/aromatic N) is 4. The predicted molar refractivity (Wildman–Crippen MR) is 73.6 cm³/mol. The van der Waals surface area contributed by atoms with E-state index in [2.05, 4.69) is 15.1 Å². The summed E-state index contributed by atoms with van der Waals surface area (Å²) in [6.07, 6.45) is 3.48. The van der Waals surface area contributed by atoms with Crippen molar-refractivity contribution in [1.82, 2.24) is 19.7 Å². The number of nitrogens with two attached hydrogens (primary N) is 1. The Bertz CT molecular complexity index is 526. The summed E-state index contributed by atoms with van der Waals surface area (Å²) in [6.45, 7) is 6.88. The maximum atomic E-state index is 5.60. The van der Waals surface area contributed by atoms with Crippen molar-refractivity contribution >= 4 is 17.4 Å². The summed E-state index contributed by atoms with van der Waals surface area (Å²) in [5.74, 6) is 0.878. The molecule has 0 radical (unpaired) electrons. The highest BCUT2D eigenvalue weighted by molar-refractivity contribution is 7.99. The fourth-order valence-corrected chi connectivity index (χ4v) is 2.40. The first-order chi connectivity index (χ1) is 8.56. The van der Waals surface area contributed by atoms with Crippen LogP contribution in [0.3, 0.4) is 0 Å². The second-order valence-electron chi connectivity index (χ2n) is 4.19. The van der Waals surface area contributed by atoms with E-state index >= 15 is 0 Å². The normalized spacial score (nSPS) is 10.8. The Balaban J connectivity index is 1.94. The summed E-state index contributed by atoms with van der Waals surface area (Å²) in [6, 6.07) is 0. The lowest BCUT2D eigenvalue weighted by Crippen LogP contribution is -2.03. The zero-order valence-electron chi connectivity index (χ0n) is 10.8. The van der Waals surface area contributed by atoms with Gasteiger partial charge in [-0.2, -0.15) is 5.10 Å². The summed E-state index contributed by atoms with van der Waals surface area (Å²) >= 11 is 1.64. The van der Waals surface area contributed by atoms with Gasteiger partial charge < -0.3 is 5.73 Å². The van der Waals surface area contributed by atoms with Gasteiger partial charge in [-0.1, -0.05) is 11.8 Å². The second kappa shape index (κ2) is 5.39. The Morgan fingerprint density at radius 1 is 1.22 bits per heavy atom. The monoisotopic (exact) mass is 263 g/mol.